The van der Waals surface area contributed by atoms with E-state index in [9.17, 15) is 24.0 Å². The van der Waals surface area contributed by atoms with E-state index in [2.05, 4.69) is 0 Å². The van der Waals surface area contributed by atoms with Crippen molar-refractivity contribution >= 4 is 30.3 Å². The van der Waals surface area contributed by atoms with Crippen LogP contribution >= 0.6 is 0 Å². The van der Waals surface area contributed by atoms with Gasteiger partial charge in [0.25, 0.3) is 6.47 Å². The maximum atomic E-state index is 11.5. The van der Waals surface area contributed by atoms with Gasteiger partial charge in [-0.3, -0.25) is 24.0 Å². The van der Waals surface area contributed by atoms with Crippen LogP contribution in [0, 0.1) is 0 Å². The van der Waals surface area contributed by atoms with Gasteiger partial charge in [0.1, 0.15) is 12.7 Å². The third-order valence-corrected chi connectivity index (χ3v) is 3.14. The maximum absolute atomic E-state index is 11.5. The van der Waals surface area contributed by atoms with Crippen molar-refractivity contribution in [2.75, 3.05) is 6.61 Å². The second-order valence-electron chi connectivity index (χ2n) is 5.30. The van der Waals surface area contributed by atoms with Crippen molar-refractivity contribution in [2.24, 2.45) is 0 Å². The summed E-state index contributed by atoms with van der Waals surface area (Å²) in [7, 11) is 0. The van der Waals surface area contributed by atoms with E-state index in [4.69, 9.17) is 28.4 Å². The summed E-state index contributed by atoms with van der Waals surface area (Å²) < 4.78 is 30.3. The quantitative estimate of drug-likeness (QED) is 0.314. The molecule has 0 unspecified atom stereocenters. The van der Waals surface area contributed by atoms with Crippen molar-refractivity contribution in [1.82, 2.24) is 0 Å². The third kappa shape index (κ3) is 6.31. The topological polar surface area (TPSA) is 141 Å². The van der Waals surface area contributed by atoms with E-state index in [0.717, 1.165) is 27.7 Å². The fourth-order valence-corrected chi connectivity index (χ4v) is 2.35. The zero-order valence-electron chi connectivity index (χ0n) is 14.7. The second kappa shape index (κ2) is 9.70. The summed E-state index contributed by atoms with van der Waals surface area (Å²) in [6.07, 6.45) is -6.68. The van der Waals surface area contributed by atoms with Crippen molar-refractivity contribution in [3.8, 4) is 0 Å². The van der Waals surface area contributed by atoms with Crippen LogP contribution in [0.5, 0.6) is 0 Å². The van der Waals surface area contributed by atoms with Crippen LogP contribution in [0.4, 0.5) is 0 Å². The first-order valence-corrected chi connectivity index (χ1v) is 7.55. The molecule has 11 heteroatoms. The van der Waals surface area contributed by atoms with Gasteiger partial charge >= 0.3 is 23.9 Å². The Morgan fingerprint density at radius 1 is 0.808 bits per heavy atom. The fourth-order valence-electron chi connectivity index (χ4n) is 2.35. The summed E-state index contributed by atoms with van der Waals surface area (Å²) >= 11 is 0. The number of hydrogen-bond donors (Lipinski definition) is 0. The summed E-state index contributed by atoms with van der Waals surface area (Å²) in [5.74, 6) is -2.95. The minimum atomic E-state index is -1.48. The van der Waals surface area contributed by atoms with Crippen molar-refractivity contribution in [1.29, 1.82) is 0 Å². The van der Waals surface area contributed by atoms with Gasteiger partial charge in [-0.1, -0.05) is 0 Å². The molecule has 1 fully saturated rings. The molecule has 0 bridgehead atoms. The smallest absolute Gasteiger partial charge is 0.303 e. The SMILES string of the molecule is CC(=O)OC[C@H]1O[C@@H](OC=O)[C@H](OC(C)=O)[C@@H](OC(C)=O)[C@@H]1OC(C)=O. The molecule has 0 N–H and O–H groups in total. The predicted molar refractivity (Wildman–Crippen MR) is 79.1 cm³/mol. The lowest BCUT2D eigenvalue weighted by Gasteiger charge is -2.43. The van der Waals surface area contributed by atoms with E-state index < -0.39 is 61.2 Å². The molecule has 1 aliphatic rings. The molecule has 0 spiro atoms. The largest absolute Gasteiger partial charge is 0.463 e. The molecule has 1 heterocycles. The Morgan fingerprint density at radius 2 is 1.31 bits per heavy atom. The van der Waals surface area contributed by atoms with Gasteiger partial charge in [-0.15, -0.1) is 0 Å². The van der Waals surface area contributed by atoms with Gasteiger partial charge in [-0.25, -0.2) is 0 Å². The standard InChI is InChI=1S/C15H20O11/c1-7(17)21-5-11-12(23-8(2)18)13(24-9(3)19)14(25-10(4)20)15(26-11)22-6-16/h6,11-15H,5H2,1-4H3/t11-,12-,13+,14-,15-/m1/s1. The van der Waals surface area contributed by atoms with Crippen LogP contribution in [-0.2, 0) is 52.4 Å². The van der Waals surface area contributed by atoms with E-state index in [1.54, 1.807) is 0 Å². The lowest BCUT2D eigenvalue weighted by Crippen LogP contribution is -2.62. The molecular weight excluding hydrogens is 356 g/mol. The number of carbonyl (C=O) groups excluding carboxylic acids is 5. The van der Waals surface area contributed by atoms with Gasteiger partial charge in [0.15, 0.2) is 12.2 Å². The molecule has 0 radical (unpaired) electrons. The average Bonchev–Trinajstić information content (AvgIpc) is 2.50. The molecule has 1 aliphatic heterocycles. The molecule has 26 heavy (non-hydrogen) atoms. The first kappa shape index (κ1) is 21.4. The predicted octanol–water partition coefficient (Wildman–Crippen LogP) is -0.757. The summed E-state index contributed by atoms with van der Waals surface area (Å²) in [5, 5.41) is 0. The van der Waals surface area contributed by atoms with Crippen LogP contribution in [-0.4, -0.2) is 67.7 Å². The monoisotopic (exact) mass is 376 g/mol. The minimum absolute atomic E-state index is 0.0427. The minimum Gasteiger partial charge on any atom is -0.463 e. The lowest BCUT2D eigenvalue weighted by molar-refractivity contribution is -0.297. The molecular formula is C15H20O11. The second-order valence-corrected chi connectivity index (χ2v) is 5.30. The highest BCUT2D eigenvalue weighted by molar-refractivity contribution is 5.68. The van der Waals surface area contributed by atoms with Gasteiger partial charge < -0.3 is 28.4 Å². The molecule has 0 saturated carbocycles. The third-order valence-electron chi connectivity index (χ3n) is 3.14. The zero-order valence-corrected chi connectivity index (χ0v) is 14.7. The van der Waals surface area contributed by atoms with Crippen LogP contribution in [0.25, 0.3) is 0 Å². The number of hydrogen-bond acceptors (Lipinski definition) is 11. The molecule has 0 aliphatic carbocycles. The Hall–Kier alpha value is -2.69. The number of rotatable bonds is 7. The molecule has 1 rings (SSSR count). The zero-order chi connectivity index (χ0) is 19.9. The molecule has 1 saturated heterocycles. The molecule has 146 valence electrons. The molecule has 11 nitrogen and oxygen atoms in total. The van der Waals surface area contributed by atoms with Gasteiger partial charge in [0, 0.05) is 27.7 Å². The van der Waals surface area contributed by atoms with Crippen LogP contribution in [0.1, 0.15) is 27.7 Å². The van der Waals surface area contributed by atoms with Crippen molar-refractivity contribution in [2.45, 2.75) is 58.4 Å². The first-order valence-electron chi connectivity index (χ1n) is 7.55. The van der Waals surface area contributed by atoms with E-state index in [0.29, 0.717) is 0 Å². The first-order chi connectivity index (χ1) is 12.1. The molecule has 0 aromatic carbocycles. The Balaban J connectivity index is 3.24. The number of carbonyl (C=O) groups is 5. The van der Waals surface area contributed by atoms with Gasteiger partial charge in [0.2, 0.25) is 12.4 Å². The lowest BCUT2D eigenvalue weighted by atomic mass is 9.98. The van der Waals surface area contributed by atoms with E-state index in [1.807, 2.05) is 0 Å². The molecule has 0 amide bonds. The molecule has 0 aromatic rings. The average molecular weight is 376 g/mol. The summed E-state index contributed by atoms with van der Waals surface area (Å²) in [6, 6.07) is 0. The Bertz CT molecular complexity index is 558. The summed E-state index contributed by atoms with van der Waals surface area (Å²) in [5.41, 5.74) is 0. The van der Waals surface area contributed by atoms with Crippen LogP contribution < -0.4 is 0 Å². The normalized spacial score (nSPS) is 27.6. The molecule has 0 aromatic heterocycles. The Kier molecular flexibility index (Phi) is 7.97. The van der Waals surface area contributed by atoms with Crippen molar-refractivity contribution in [3.05, 3.63) is 0 Å². The Morgan fingerprint density at radius 3 is 1.77 bits per heavy atom. The van der Waals surface area contributed by atoms with Gasteiger partial charge in [-0.05, 0) is 0 Å². The molecule has 5 atom stereocenters. The summed E-state index contributed by atoms with van der Waals surface area (Å²) in [4.78, 5) is 56.1. The highest BCUT2D eigenvalue weighted by atomic mass is 16.7. The van der Waals surface area contributed by atoms with Gasteiger partial charge in [-0.2, -0.15) is 0 Å². The number of ether oxygens (including phenoxy) is 6. The Labute approximate surface area is 148 Å². The van der Waals surface area contributed by atoms with E-state index in [1.165, 1.54) is 0 Å². The van der Waals surface area contributed by atoms with E-state index in [-0.39, 0.29) is 6.47 Å². The highest BCUT2D eigenvalue weighted by Gasteiger charge is 2.53. The van der Waals surface area contributed by atoms with Crippen LogP contribution in [0.2, 0.25) is 0 Å². The van der Waals surface area contributed by atoms with Crippen molar-refractivity contribution in [3.63, 3.8) is 0 Å². The maximum Gasteiger partial charge on any atom is 0.303 e. The number of esters is 4. The highest BCUT2D eigenvalue weighted by Crippen LogP contribution is 2.29. The van der Waals surface area contributed by atoms with Crippen LogP contribution in [0.15, 0.2) is 0 Å². The summed E-state index contributed by atoms with van der Waals surface area (Å²) in [6.45, 7) is 4.06. The van der Waals surface area contributed by atoms with Crippen molar-refractivity contribution < 1.29 is 52.4 Å². The van der Waals surface area contributed by atoms with Crippen LogP contribution in [0.3, 0.4) is 0 Å². The fraction of sp³-hybridized carbons (Fsp3) is 0.667. The van der Waals surface area contributed by atoms with E-state index >= 15 is 0 Å². The van der Waals surface area contributed by atoms with Gasteiger partial charge in [0.05, 0.1) is 0 Å².